The van der Waals surface area contributed by atoms with Gasteiger partial charge in [-0.1, -0.05) is 33.8 Å². The number of amides is 1. The molecule has 0 atom stereocenters. The molecule has 2 N–H and O–H groups in total. The third kappa shape index (κ3) is 4.87. The average Bonchev–Trinajstić information content (AvgIpc) is 2.45. The first-order valence-corrected chi connectivity index (χ1v) is 7.70. The number of thioether (sulfide) groups is 1. The highest BCUT2D eigenvalue weighted by Crippen LogP contribution is 2.18. The summed E-state index contributed by atoms with van der Waals surface area (Å²) in [6.45, 7) is 0. The van der Waals surface area contributed by atoms with Gasteiger partial charge < -0.3 is 10.4 Å². The minimum Gasteiger partial charge on any atom is -0.478 e. The van der Waals surface area contributed by atoms with Gasteiger partial charge >= 0.3 is 5.97 Å². The van der Waals surface area contributed by atoms with Crippen molar-refractivity contribution in [3.63, 3.8) is 0 Å². The maximum Gasteiger partial charge on any atom is 0.337 e. The minimum absolute atomic E-state index is 0.123. The van der Waals surface area contributed by atoms with Gasteiger partial charge in [-0.3, -0.25) is 4.79 Å². The summed E-state index contributed by atoms with van der Waals surface area (Å²) in [6, 6.07) is 10.4. The van der Waals surface area contributed by atoms with E-state index in [-0.39, 0.29) is 17.2 Å². The smallest absolute Gasteiger partial charge is 0.337 e. The molecule has 0 radical (unpaired) electrons. The Morgan fingerprint density at radius 2 is 2.10 bits per heavy atom. The van der Waals surface area contributed by atoms with Gasteiger partial charge in [0.1, 0.15) is 0 Å². The zero-order valence-electron chi connectivity index (χ0n) is 10.7. The molecule has 1 amide bonds. The van der Waals surface area contributed by atoms with E-state index in [0.717, 1.165) is 4.47 Å². The summed E-state index contributed by atoms with van der Waals surface area (Å²) in [5.74, 6) is -0.972. The fourth-order valence-electron chi connectivity index (χ4n) is 1.49. The lowest BCUT2D eigenvalue weighted by molar-refractivity contribution is -0.113. The molecule has 5 nitrogen and oxygen atoms in total. The van der Waals surface area contributed by atoms with Gasteiger partial charge in [-0.2, -0.15) is 0 Å². The first-order valence-electron chi connectivity index (χ1n) is 5.92. The molecular formula is C14H11BrN2O3S. The zero-order valence-corrected chi connectivity index (χ0v) is 13.1. The molecule has 0 saturated heterocycles. The number of aromatic nitrogens is 1. The van der Waals surface area contributed by atoms with E-state index in [4.69, 9.17) is 5.11 Å². The molecule has 21 heavy (non-hydrogen) atoms. The number of nitrogens with zero attached hydrogens (tertiary/aromatic N) is 1. The van der Waals surface area contributed by atoms with E-state index in [0.29, 0.717) is 10.7 Å². The minimum atomic E-state index is -1.02. The van der Waals surface area contributed by atoms with Crippen LogP contribution in [0.15, 0.2) is 52.1 Å². The Morgan fingerprint density at radius 1 is 1.29 bits per heavy atom. The topological polar surface area (TPSA) is 79.3 Å². The van der Waals surface area contributed by atoms with Gasteiger partial charge in [-0.15, -0.1) is 0 Å². The van der Waals surface area contributed by atoms with Gasteiger partial charge in [-0.25, -0.2) is 9.78 Å². The first-order chi connectivity index (χ1) is 10.0. The van der Waals surface area contributed by atoms with Gasteiger partial charge in [0.25, 0.3) is 0 Å². The number of hydrogen-bond acceptors (Lipinski definition) is 4. The first kappa shape index (κ1) is 15.5. The number of nitrogens with one attached hydrogen (secondary N) is 1. The zero-order chi connectivity index (χ0) is 15.2. The number of pyridine rings is 1. The van der Waals surface area contributed by atoms with Gasteiger partial charge in [0.2, 0.25) is 5.91 Å². The van der Waals surface area contributed by atoms with Crippen LogP contribution in [0, 0.1) is 0 Å². The second kappa shape index (κ2) is 7.24. The standard InChI is InChI=1S/C14H11BrN2O3S/c15-10-2-1-3-11(6-10)17-12(18)8-21-13-5-4-9(7-16-13)14(19)20/h1-7H,8H2,(H,17,18)(H,19,20). The molecule has 2 aromatic rings. The predicted molar refractivity (Wildman–Crippen MR) is 84.7 cm³/mol. The SMILES string of the molecule is O=C(CSc1ccc(C(=O)O)cn1)Nc1cccc(Br)c1. The van der Waals surface area contributed by atoms with Crippen LogP contribution < -0.4 is 5.32 Å². The van der Waals surface area contributed by atoms with Crippen molar-refractivity contribution in [3.05, 3.63) is 52.6 Å². The van der Waals surface area contributed by atoms with Crippen molar-refractivity contribution in [3.8, 4) is 0 Å². The highest BCUT2D eigenvalue weighted by atomic mass is 79.9. The van der Waals surface area contributed by atoms with Crippen molar-refractivity contribution < 1.29 is 14.7 Å². The highest BCUT2D eigenvalue weighted by molar-refractivity contribution is 9.10. The maximum absolute atomic E-state index is 11.8. The summed E-state index contributed by atoms with van der Waals surface area (Å²) in [5, 5.41) is 12.1. The molecule has 7 heteroatoms. The lowest BCUT2D eigenvalue weighted by atomic mass is 10.3. The van der Waals surface area contributed by atoms with Crippen LogP contribution in [0.3, 0.4) is 0 Å². The van der Waals surface area contributed by atoms with Gasteiger partial charge in [0, 0.05) is 16.4 Å². The van der Waals surface area contributed by atoms with Gasteiger partial charge in [0.05, 0.1) is 16.3 Å². The van der Waals surface area contributed by atoms with Crippen molar-refractivity contribution in [1.82, 2.24) is 4.98 Å². The Bertz CT molecular complexity index is 662. The van der Waals surface area contributed by atoms with Crippen LogP contribution in [-0.2, 0) is 4.79 Å². The second-order valence-electron chi connectivity index (χ2n) is 4.04. The Balaban J connectivity index is 1.87. The highest BCUT2D eigenvalue weighted by Gasteiger charge is 2.07. The number of carboxylic acids is 1. The number of carbonyl (C=O) groups is 2. The molecule has 0 fully saturated rings. The molecule has 0 spiro atoms. The summed E-state index contributed by atoms with van der Waals surface area (Å²) in [4.78, 5) is 26.5. The summed E-state index contributed by atoms with van der Waals surface area (Å²) in [5.41, 5.74) is 0.835. The molecule has 0 bridgehead atoms. The van der Waals surface area contributed by atoms with Gasteiger partial charge in [-0.05, 0) is 30.3 Å². The second-order valence-corrected chi connectivity index (χ2v) is 5.95. The molecule has 1 aromatic carbocycles. The summed E-state index contributed by atoms with van der Waals surface area (Å²) in [6.07, 6.45) is 1.27. The van der Waals surface area contributed by atoms with E-state index < -0.39 is 5.97 Å². The average molecular weight is 367 g/mol. The molecule has 0 unspecified atom stereocenters. The number of benzene rings is 1. The maximum atomic E-state index is 11.8. The lowest BCUT2D eigenvalue weighted by Gasteiger charge is -2.05. The Kier molecular flexibility index (Phi) is 5.35. The van der Waals surface area contributed by atoms with Crippen LogP contribution in [0.4, 0.5) is 5.69 Å². The quantitative estimate of drug-likeness (QED) is 0.793. The number of hydrogen-bond donors (Lipinski definition) is 2. The number of rotatable bonds is 5. The molecule has 0 saturated carbocycles. The van der Waals surface area contributed by atoms with E-state index in [2.05, 4.69) is 26.2 Å². The van der Waals surface area contributed by atoms with Crippen molar-refractivity contribution in [2.75, 3.05) is 11.1 Å². The molecule has 0 aliphatic rings. The number of aromatic carboxylic acids is 1. The van der Waals surface area contributed by atoms with E-state index in [9.17, 15) is 9.59 Å². The fourth-order valence-corrected chi connectivity index (χ4v) is 2.54. The van der Waals surface area contributed by atoms with Crippen molar-refractivity contribution in [2.24, 2.45) is 0 Å². The van der Waals surface area contributed by atoms with Crippen LogP contribution in [0.25, 0.3) is 0 Å². The van der Waals surface area contributed by atoms with Crippen molar-refractivity contribution >= 4 is 45.3 Å². The number of carboxylic acid groups (broad SMARTS) is 1. The van der Waals surface area contributed by atoms with Crippen LogP contribution in [0.1, 0.15) is 10.4 Å². The molecule has 108 valence electrons. The monoisotopic (exact) mass is 366 g/mol. The molecule has 0 aliphatic carbocycles. The van der Waals surface area contributed by atoms with E-state index in [1.165, 1.54) is 24.0 Å². The van der Waals surface area contributed by atoms with Gasteiger partial charge in [0.15, 0.2) is 0 Å². The van der Waals surface area contributed by atoms with Crippen LogP contribution in [0.2, 0.25) is 0 Å². The third-order valence-electron chi connectivity index (χ3n) is 2.44. The van der Waals surface area contributed by atoms with E-state index in [1.54, 1.807) is 12.1 Å². The van der Waals surface area contributed by atoms with Crippen LogP contribution in [-0.4, -0.2) is 27.7 Å². The van der Waals surface area contributed by atoms with E-state index in [1.807, 2.05) is 18.2 Å². The normalized spacial score (nSPS) is 10.1. The molecule has 0 aliphatic heterocycles. The number of anilines is 1. The summed E-state index contributed by atoms with van der Waals surface area (Å²) >= 11 is 4.58. The Labute approximate surface area is 133 Å². The van der Waals surface area contributed by atoms with Crippen molar-refractivity contribution in [1.29, 1.82) is 0 Å². The lowest BCUT2D eigenvalue weighted by Crippen LogP contribution is -2.14. The fraction of sp³-hybridized carbons (Fsp3) is 0.0714. The molecule has 1 aromatic heterocycles. The molecular weight excluding hydrogens is 356 g/mol. The Hall–Kier alpha value is -1.86. The predicted octanol–water partition coefficient (Wildman–Crippen LogP) is 3.27. The largest absolute Gasteiger partial charge is 0.478 e. The molecule has 2 rings (SSSR count). The number of carbonyl (C=O) groups excluding carboxylic acids is 1. The van der Waals surface area contributed by atoms with Crippen LogP contribution >= 0.6 is 27.7 Å². The van der Waals surface area contributed by atoms with E-state index >= 15 is 0 Å². The molecule has 1 heterocycles. The Morgan fingerprint density at radius 3 is 2.71 bits per heavy atom. The number of halogens is 1. The van der Waals surface area contributed by atoms with Crippen LogP contribution in [0.5, 0.6) is 0 Å². The third-order valence-corrected chi connectivity index (χ3v) is 3.88. The van der Waals surface area contributed by atoms with Crippen molar-refractivity contribution in [2.45, 2.75) is 5.03 Å². The summed E-state index contributed by atoms with van der Waals surface area (Å²) in [7, 11) is 0. The summed E-state index contributed by atoms with van der Waals surface area (Å²) < 4.78 is 0.888.